The van der Waals surface area contributed by atoms with Crippen LogP contribution in [0.25, 0.3) is 10.9 Å². The fourth-order valence-corrected chi connectivity index (χ4v) is 6.88. The predicted molar refractivity (Wildman–Crippen MR) is 152 cm³/mol. The number of halogens is 1. The molecular weight excluding hydrogens is 494 g/mol. The van der Waals surface area contributed by atoms with Crippen LogP contribution in [0.5, 0.6) is 0 Å². The van der Waals surface area contributed by atoms with Gasteiger partial charge in [0.15, 0.2) is 0 Å². The van der Waals surface area contributed by atoms with Gasteiger partial charge < -0.3 is 15.6 Å². The molecule has 1 heterocycles. The van der Waals surface area contributed by atoms with Gasteiger partial charge >= 0.3 is 0 Å². The highest BCUT2D eigenvalue weighted by Gasteiger charge is 2.23. The standard InChI is InChI=1S/C31H42BrN3/c1-22-6-5-9-24(18-22)28(16-17-34-27-13-11-26(33)12-14-27)30-21-35(20-23-7-3-2-4-8-23)31-15-10-25(32)19-29(30)31/h5-6,9-10,15,18-19,21,23,26-28,34H,2-4,7-8,11-14,16-17,20,33H2,1H3/t26-,27-,28?. The first-order valence-corrected chi connectivity index (χ1v) is 14.7. The highest BCUT2D eigenvalue weighted by atomic mass is 79.9. The average molecular weight is 537 g/mol. The van der Waals surface area contributed by atoms with E-state index in [1.54, 1.807) is 0 Å². The second kappa shape index (κ2) is 11.6. The molecule has 3 aromatic rings. The van der Waals surface area contributed by atoms with E-state index >= 15 is 0 Å². The van der Waals surface area contributed by atoms with Crippen LogP contribution >= 0.6 is 15.9 Å². The van der Waals surface area contributed by atoms with E-state index in [0.717, 1.165) is 38.3 Å². The van der Waals surface area contributed by atoms with Crippen LogP contribution in [-0.4, -0.2) is 23.2 Å². The molecule has 0 aliphatic heterocycles. The van der Waals surface area contributed by atoms with Gasteiger partial charge in [-0.15, -0.1) is 0 Å². The molecule has 2 fully saturated rings. The third-order valence-electron chi connectivity index (χ3n) is 8.51. The highest BCUT2D eigenvalue weighted by Crippen LogP contribution is 2.37. The molecule has 5 rings (SSSR count). The Morgan fingerprint density at radius 3 is 2.57 bits per heavy atom. The Labute approximate surface area is 220 Å². The maximum absolute atomic E-state index is 6.14. The summed E-state index contributed by atoms with van der Waals surface area (Å²) in [5.74, 6) is 1.20. The lowest BCUT2D eigenvalue weighted by Gasteiger charge is -2.28. The zero-order chi connectivity index (χ0) is 24.2. The van der Waals surface area contributed by atoms with Crippen LogP contribution in [0.15, 0.2) is 53.1 Å². The van der Waals surface area contributed by atoms with Gasteiger partial charge in [-0.3, -0.25) is 0 Å². The molecule has 2 aliphatic carbocycles. The molecule has 1 aromatic heterocycles. The summed E-state index contributed by atoms with van der Waals surface area (Å²) < 4.78 is 3.74. The predicted octanol–water partition coefficient (Wildman–Crippen LogP) is 7.67. The van der Waals surface area contributed by atoms with Crippen molar-refractivity contribution in [2.75, 3.05) is 6.54 Å². The summed E-state index contributed by atoms with van der Waals surface area (Å²) in [7, 11) is 0. The van der Waals surface area contributed by atoms with Crippen LogP contribution in [0.3, 0.4) is 0 Å². The smallest absolute Gasteiger partial charge is 0.0484 e. The van der Waals surface area contributed by atoms with Crippen molar-refractivity contribution in [3.8, 4) is 0 Å². The van der Waals surface area contributed by atoms with Crippen LogP contribution < -0.4 is 11.1 Å². The van der Waals surface area contributed by atoms with Gasteiger partial charge in [-0.25, -0.2) is 0 Å². The number of rotatable bonds is 8. The molecule has 188 valence electrons. The zero-order valence-corrected chi connectivity index (χ0v) is 22.9. The molecule has 2 aromatic carbocycles. The van der Waals surface area contributed by atoms with E-state index in [2.05, 4.69) is 81.4 Å². The van der Waals surface area contributed by atoms with E-state index in [1.165, 1.54) is 77.0 Å². The minimum Gasteiger partial charge on any atom is -0.347 e. The van der Waals surface area contributed by atoms with Gasteiger partial charge in [0.05, 0.1) is 0 Å². The Morgan fingerprint density at radius 1 is 1.00 bits per heavy atom. The zero-order valence-electron chi connectivity index (χ0n) is 21.3. The number of nitrogens with two attached hydrogens (primary N) is 1. The van der Waals surface area contributed by atoms with Gasteiger partial charge in [0.2, 0.25) is 0 Å². The van der Waals surface area contributed by atoms with E-state index in [0.29, 0.717) is 18.0 Å². The Hall–Kier alpha value is -1.62. The maximum atomic E-state index is 6.14. The third kappa shape index (κ3) is 6.21. The van der Waals surface area contributed by atoms with E-state index in [4.69, 9.17) is 5.73 Å². The van der Waals surface area contributed by atoms with Crippen LogP contribution in [0.1, 0.15) is 86.8 Å². The normalized spacial score (nSPS) is 22.5. The molecule has 3 N–H and O–H groups in total. The second-order valence-electron chi connectivity index (χ2n) is 11.2. The Balaban J connectivity index is 1.44. The van der Waals surface area contributed by atoms with E-state index in [9.17, 15) is 0 Å². The van der Waals surface area contributed by atoms with Gasteiger partial charge in [0.1, 0.15) is 0 Å². The molecule has 2 aliphatic rings. The van der Waals surface area contributed by atoms with Crippen LogP contribution in [0.2, 0.25) is 0 Å². The molecule has 0 saturated heterocycles. The number of nitrogens with zero attached hydrogens (tertiary/aromatic N) is 1. The summed E-state index contributed by atoms with van der Waals surface area (Å²) in [6.07, 6.45) is 15.3. The van der Waals surface area contributed by atoms with Crippen molar-refractivity contribution in [1.29, 1.82) is 0 Å². The fraction of sp³-hybridized carbons (Fsp3) is 0.548. The molecule has 0 amide bonds. The molecule has 0 spiro atoms. The number of nitrogens with one attached hydrogen (secondary N) is 1. The number of fused-ring (bicyclic) bond motifs is 1. The average Bonchev–Trinajstić information content (AvgIpc) is 3.20. The van der Waals surface area contributed by atoms with Crippen LogP contribution in [0.4, 0.5) is 0 Å². The monoisotopic (exact) mass is 535 g/mol. The second-order valence-corrected chi connectivity index (χ2v) is 12.1. The number of hydrogen-bond acceptors (Lipinski definition) is 2. The molecular formula is C31H42BrN3. The Bertz CT molecular complexity index is 1110. The molecule has 1 unspecified atom stereocenters. The van der Waals surface area contributed by atoms with Crippen molar-refractivity contribution in [2.45, 2.75) is 95.7 Å². The first-order chi connectivity index (χ1) is 17.1. The lowest BCUT2D eigenvalue weighted by molar-refractivity contribution is 0.322. The maximum Gasteiger partial charge on any atom is 0.0484 e. The van der Waals surface area contributed by atoms with Crippen LogP contribution in [0, 0.1) is 12.8 Å². The van der Waals surface area contributed by atoms with Gasteiger partial charge in [0.25, 0.3) is 0 Å². The van der Waals surface area contributed by atoms with Gasteiger partial charge in [-0.05, 0) is 93.7 Å². The van der Waals surface area contributed by atoms with Crippen molar-refractivity contribution < 1.29 is 0 Å². The number of hydrogen-bond donors (Lipinski definition) is 2. The van der Waals surface area contributed by atoms with Gasteiger partial charge in [-0.2, -0.15) is 0 Å². The summed E-state index contributed by atoms with van der Waals surface area (Å²) in [6.45, 7) is 4.41. The lowest BCUT2D eigenvalue weighted by Crippen LogP contribution is -2.38. The van der Waals surface area contributed by atoms with Crippen molar-refractivity contribution in [3.05, 3.63) is 69.8 Å². The minimum atomic E-state index is 0.387. The molecule has 35 heavy (non-hydrogen) atoms. The molecule has 4 heteroatoms. The molecule has 0 radical (unpaired) electrons. The molecule has 2 saturated carbocycles. The number of aryl methyl sites for hydroxylation is 1. The minimum absolute atomic E-state index is 0.387. The Kier molecular flexibility index (Phi) is 8.32. The molecule has 0 bridgehead atoms. The SMILES string of the molecule is Cc1cccc(C(CCN[C@H]2CC[C@H](N)CC2)c2cn(CC3CCCCC3)c3ccc(Br)cc23)c1. The topological polar surface area (TPSA) is 43.0 Å². The summed E-state index contributed by atoms with van der Waals surface area (Å²) >= 11 is 3.77. The molecule has 1 atom stereocenters. The first kappa shape index (κ1) is 25.0. The van der Waals surface area contributed by atoms with Crippen molar-refractivity contribution in [3.63, 3.8) is 0 Å². The summed E-state index contributed by atoms with van der Waals surface area (Å²) in [5, 5.41) is 5.29. The van der Waals surface area contributed by atoms with Crippen molar-refractivity contribution in [2.24, 2.45) is 11.7 Å². The summed E-state index contributed by atoms with van der Waals surface area (Å²) in [6, 6.07) is 17.1. The number of aromatic nitrogens is 1. The third-order valence-corrected chi connectivity index (χ3v) is 9.00. The summed E-state index contributed by atoms with van der Waals surface area (Å²) in [4.78, 5) is 0. The van der Waals surface area contributed by atoms with Crippen LogP contribution in [-0.2, 0) is 6.54 Å². The van der Waals surface area contributed by atoms with Gasteiger partial charge in [0, 0.05) is 46.1 Å². The quantitative estimate of drug-likeness (QED) is 0.310. The largest absolute Gasteiger partial charge is 0.347 e. The Morgan fingerprint density at radius 2 is 1.80 bits per heavy atom. The van der Waals surface area contributed by atoms with Gasteiger partial charge in [-0.1, -0.05) is 65.0 Å². The lowest BCUT2D eigenvalue weighted by atomic mass is 9.87. The fourth-order valence-electron chi connectivity index (χ4n) is 6.52. The van der Waals surface area contributed by atoms with Crippen molar-refractivity contribution >= 4 is 26.8 Å². The van der Waals surface area contributed by atoms with E-state index in [-0.39, 0.29) is 0 Å². The van der Waals surface area contributed by atoms with Crippen molar-refractivity contribution in [1.82, 2.24) is 9.88 Å². The molecule has 3 nitrogen and oxygen atoms in total. The highest BCUT2D eigenvalue weighted by molar-refractivity contribution is 9.10. The first-order valence-electron chi connectivity index (χ1n) is 13.9. The van der Waals surface area contributed by atoms with E-state index in [1.807, 2.05) is 0 Å². The summed E-state index contributed by atoms with van der Waals surface area (Å²) in [5.41, 5.74) is 11.8. The number of benzene rings is 2. The van der Waals surface area contributed by atoms with E-state index < -0.39 is 0 Å².